The second-order valence-corrected chi connectivity index (χ2v) is 4.83. The van der Waals surface area contributed by atoms with Gasteiger partial charge >= 0.3 is 0 Å². The number of β-amino-alcohol motifs (C(OH)–C–C–N with tert-alkyl or cyclic N) is 1. The largest absolute Gasteiger partial charge is 0.390 e. The van der Waals surface area contributed by atoms with E-state index in [0.29, 0.717) is 0 Å². The van der Waals surface area contributed by atoms with E-state index >= 15 is 0 Å². The lowest BCUT2D eigenvalue weighted by atomic mass is 9.99. The Balaban J connectivity index is 1.64. The van der Waals surface area contributed by atoms with Crippen LogP contribution in [0.2, 0.25) is 0 Å². The minimum absolute atomic E-state index is 0.0425. The third-order valence-corrected chi connectivity index (χ3v) is 3.64. The van der Waals surface area contributed by atoms with Crippen molar-refractivity contribution < 1.29 is 5.11 Å². The number of rotatable bonds is 3. The van der Waals surface area contributed by atoms with Crippen LogP contribution in [0.25, 0.3) is 0 Å². The summed E-state index contributed by atoms with van der Waals surface area (Å²) in [5.41, 5.74) is 0. The molecule has 0 aromatic rings. The van der Waals surface area contributed by atoms with Gasteiger partial charge in [0.15, 0.2) is 0 Å². The van der Waals surface area contributed by atoms with Gasteiger partial charge < -0.3 is 10.0 Å². The van der Waals surface area contributed by atoms with Gasteiger partial charge in [-0.05, 0) is 39.4 Å². The van der Waals surface area contributed by atoms with E-state index in [0.717, 1.165) is 19.1 Å². The summed E-state index contributed by atoms with van der Waals surface area (Å²) in [5, 5.41) is 9.16. The third-order valence-electron chi connectivity index (χ3n) is 3.64. The van der Waals surface area contributed by atoms with Crippen molar-refractivity contribution >= 4 is 0 Å². The maximum atomic E-state index is 9.16. The van der Waals surface area contributed by atoms with Gasteiger partial charge in [-0.25, -0.2) is 0 Å². The number of piperidine rings is 1. The van der Waals surface area contributed by atoms with E-state index in [9.17, 15) is 0 Å². The predicted molar refractivity (Wildman–Crippen MR) is 57.3 cm³/mol. The molecule has 3 nitrogen and oxygen atoms in total. The summed E-state index contributed by atoms with van der Waals surface area (Å²) in [6.07, 6.45) is 5.38. The van der Waals surface area contributed by atoms with Gasteiger partial charge in [-0.3, -0.25) is 4.90 Å². The molecule has 0 spiro atoms. The first-order chi connectivity index (χ1) is 6.75. The van der Waals surface area contributed by atoms with Crippen molar-refractivity contribution in [2.75, 3.05) is 33.2 Å². The topological polar surface area (TPSA) is 26.7 Å². The molecule has 1 atom stereocenters. The van der Waals surface area contributed by atoms with Crippen molar-refractivity contribution in [1.82, 2.24) is 9.80 Å². The van der Waals surface area contributed by atoms with Crippen LogP contribution in [0.1, 0.15) is 25.7 Å². The summed E-state index contributed by atoms with van der Waals surface area (Å²) in [5.74, 6) is 0. The molecule has 2 saturated heterocycles. The van der Waals surface area contributed by atoms with Gasteiger partial charge in [0.2, 0.25) is 0 Å². The van der Waals surface area contributed by atoms with E-state index < -0.39 is 0 Å². The zero-order valence-corrected chi connectivity index (χ0v) is 9.15. The zero-order valence-electron chi connectivity index (χ0n) is 9.15. The maximum Gasteiger partial charge on any atom is 0.0793 e. The van der Waals surface area contributed by atoms with E-state index in [-0.39, 0.29) is 6.10 Å². The van der Waals surface area contributed by atoms with Crippen LogP contribution < -0.4 is 0 Å². The molecule has 2 aliphatic heterocycles. The van der Waals surface area contributed by atoms with Gasteiger partial charge in [0.1, 0.15) is 0 Å². The Morgan fingerprint density at radius 2 is 2.07 bits per heavy atom. The summed E-state index contributed by atoms with van der Waals surface area (Å²) >= 11 is 0. The molecule has 0 aromatic heterocycles. The first kappa shape index (κ1) is 10.4. The summed E-state index contributed by atoms with van der Waals surface area (Å²) in [6.45, 7) is 4.24. The van der Waals surface area contributed by atoms with Crippen LogP contribution in [0.4, 0.5) is 0 Å². The molecule has 2 heterocycles. The van der Waals surface area contributed by atoms with E-state index in [2.05, 4.69) is 16.8 Å². The highest BCUT2D eigenvalue weighted by atomic mass is 16.3. The number of hydrogen-bond acceptors (Lipinski definition) is 3. The highest BCUT2D eigenvalue weighted by Crippen LogP contribution is 2.19. The van der Waals surface area contributed by atoms with E-state index in [4.69, 9.17) is 5.11 Å². The smallest absolute Gasteiger partial charge is 0.0793 e. The van der Waals surface area contributed by atoms with Crippen molar-refractivity contribution in [2.45, 2.75) is 37.8 Å². The lowest BCUT2D eigenvalue weighted by molar-refractivity contribution is -0.00335. The highest BCUT2D eigenvalue weighted by molar-refractivity contribution is 4.81. The molecular formula is C11H22N2O. The fraction of sp³-hybridized carbons (Fsp3) is 1.00. The summed E-state index contributed by atoms with van der Waals surface area (Å²) in [4.78, 5) is 4.85. The van der Waals surface area contributed by atoms with Crippen molar-refractivity contribution in [3.63, 3.8) is 0 Å². The van der Waals surface area contributed by atoms with Crippen molar-refractivity contribution in [3.8, 4) is 0 Å². The van der Waals surface area contributed by atoms with Crippen LogP contribution in [-0.2, 0) is 0 Å². The number of hydrogen-bond donors (Lipinski definition) is 1. The summed E-state index contributed by atoms with van der Waals surface area (Å²) in [6, 6.07) is 0.793. The Bertz CT molecular complexity index is 180. The zero-order chi connectivity index (χ0) is 9.97. The molecule has 0 amide bonds. The van der Waals surface area contributed by atoms with Crippen LogP contribution in [0.3, 0.4) is 0 Å². The average molecular weight is 198 g/mol. The number of aliphatic hydroxyl groups is 1. The molecule has 2 fully saturated rings. The monoisotopic (exact) mass is 198 g/mol. The van der Waals surface area contributed by atoms with Crippen LogP contribution in [-0.4, -0.2) is 60.3 Å². The Morgan fingerprint density at radius 3 is 2.71 bits per heavy atom. The third kappa shape index (κ3) is 2.47. The fourth-order valence-corrected chi connectivity index (χ4v) is 2.57. The molecule has 1 N–H and O–H groups in total. The Kier molecular flexibility index (Phi) is 3.42. The van der Waals surface area contributed by atoms with Gasteiger partial charge in [0, 0.05) is 19.1 Å². The Hall–Kier alpha value is -0.120. The van der Waals surface area contributed by atoms with Crippen molar-refractivity contribution in [1.29, 1.82) is 0 Å². The van der Waals surface area contributed by atoms with Gasteiger partial charge in [0.05, 0.1) is 6.10 Å². The molecule has 1 unspecified atom stereocenters. The number of nitrogens with zero attached hydrogens (tertiary/aromatic N) is 2. The van der Waals surface area contributed by atoms with Crippen LogP contribution in [0.15, 0.2) is 0 Å². The SMILES string of the molecule is CN1CCCCC1CCN1CC(O)C1. The second-order valence-electron chi connectivity index (χ2n) is 4.83. The molecule has 0 aliphatic carbocycles. The van der Waals surface area contributed by atoms with Crippen LogP contribution >= 0.6 is 0 Å². The molecule has 14 heavy (non-hydrogen) atoms. The van der Waals surface area contributed by atoms with E-state index in [1.807, 2.05) is 0 Å². The van der Waals surface area contributed by atoms with Gasteiger partial charge in [-0.1, -0.05) is 6.42 Å². The predicted octanol–water partition coefficient (Wildman–Crippen LogP) is 0.537. The number of aliphatic hydroxyl groups excluding tert-OH is 1. The summed E-state index contributed by atoms with van der Waals surface area (Å²) in [7, 11) is 2.24. The molecule has 2 rings (SSSR count). The lowest BCUT2D eigenvalue weighted by Gasteiger charge is -2.39. The molecule has 0 aromatic carbocycles. The van der Waals surface area contributed by atoms with Crippen molar-refractivity contribution in [3.05, 3.63) is 0 Å². The van der Waals surface area contributed by atoms with Gasteiger partial charge in [-0.15, -0.1) is 0 Å². The Morgan fingerprint density at radius 1 is 1.29 bits per heavy atom. The minimum atomic E-state index is -0.0425. The molecule has 0 radical (unpaired) electrons. The number of likely N-dealkylation sites (tertiary alicyclic amines) is 2. The van der Waals surface area contributed by atoms with Gasteiger partial charge in [0.25, 0.3) is 0 Å². The van der Waals surface area contributed by atoms with Crippen LogP contribution in [0.5, 0.6) is 0 Å². The quantitative estimate of drug-likeness (QED) is 0.717. The molecule has 3 heteroatoms. The molecular weight excluding hydrogens is 176 g/mol. The van der Waals surface area contributed by atoms with E-state index in [1.165, 1.54) is 38.8 Å². The summed E-state index contributed by atoms with van der Waals surface area (Å²) < 4.78 is 0. The molecule has 0 bridgehead atoms. The first-order valence-electron chi connectivity index (χ1n) is 5.86. The van der Waals surface area contributed by atoms with Gasteiger partial charge in [-0.2, -0.15) is 0 Å². The first-order valence-corrected chi connectivity index (χ1v) is 5.86. The van der Waals surface area contributed by atoms with Crippen molar-refractivity contribution in [2.24, 2.45) is 0 Å². The molecule has 82 valence electrons. The molecule has 2 aliphatic rings. The fourth-order valence-electron chi connectivity index (χ4n) is 2.57. The normalized spacial score (nSPS) is 31.7. The molecule has 0 saturated carbocycles. The van der Waals surface area contributed by atoms with Crippen LogP contribution in [0, 0.1) is 0 Å². The minimum Gasteiger partial charge on any atom is -0.390 e. The van der Waals surface area contributed by atoms with E-state index in [1.54, 1.807) is 0 Å². The highest BCUT2D eigenvalue weighted by Gasteiger charge is 2.26. The standard InChI is InChI=1S/C11H22N2O/c1-12-6-3-2-4-10(12)5-7-13-8-11(14)9-13/h10-11,14H,2-9H2,1H3. The maximum absolute atomic E-state index is 9.16. The lowest BCUT2D eigenvalue weighted by Crippen LogP contribution is -2.52. The Labute approximate surface area is 86.7 Å². The average Bonchev–Trinajstić information content (AvgIpc) is 2.13. The second kappa shape index (κ2) is 4.60.